The standard InChI is InChI=1S/C32H47ClO4/c1-18(2)25-21(35)17-32(27(33)36)16-15-30(7)20(26(25)32)9-10-23-29(6)13-12-24(37-19(3)34)28(4,5)22(29)11-14-31(23,30)8/h18,20,22-24H,9-17H2,1-8H3. The average Bonchev–Trinajstić information content (AvgIpc) is 3.09. The third-order valence-corrected chi connectivity index (χ3v) is 13.4. The Morgan fingerprint density at radius 1 is 0.892 bits per heavy atom. The summed E-state index contributed by atoms with van der Waals surface area (Å²) in [5, 5.41) is -0.318. The molecule has 0 aromatic rings. The summed E-state index contributed by atoms with van der Waals surface area (Å²) in [7, 11) is 0. The lowest BCUT2D eigenvalue weighted by atomic mass is 9.33. The minimum absolute atomic E-state index is 0.0207. The van der Waals surface area contributed by atoms with Gasteiger partial charge in [0.25, 0.3) is 0 Å². The molecule has 37 heavy (non-hydrogen) atoms. The number of hydrogen-bond donors (Lipinski definition) is 0. The summed E-state index contributed by atoms with van der Waals surface area (Å²) in [5.41, 5.74) is 1.53. The maximum Gasteiger partial charge on any atom is 0.302 e. The van der Waals surface area contributed by atoms with E-state index in [-0.39, 0.29) is 63.0 Å². The van der Waals surface area contributed by atoms with Crippen molar-refractivity contribution in [3.8, 4) is 0 Å². The molecule has 5 aliphatic carbocycles. The number of Topliss-reactive ketones (excluding diaryl/α,β-unsaturated/α-hetero) is 1. The van der Waals surface area contributed by atoms with Gasteiger partial charge < -0.3 is 4.74 Å². The molecule has 8 atom stereocenters. The number of carbonyl (C=O) groups is 3. The SMILES string of the molecule is CC(=O)OC1CCC2(C)C(CCC3(C)C2CCC2C4=C(C(C)C)C(=O)CC4(C(=O)Cl)CCC23C)C1(C)C. The van der Waals surface area contributed by atoms with Gasteiger partial charge in [-0.2, -0.15) is 0 Å². The number of carbonyl (C=O) groups excluding carboxylic acids is 3. The molecule has 0 bridgehead atoms. The van der Waals surface area contributed by atoms with Crippen molar-refractivity contribution in [1.82, 2.24) is 0 Å². The number of hydrogen-bond acceptors (Lipinski definition) is 4. The van der Waals surface area contributed by atoms with Gasteiger partial charge in [-0.25, -0.2) is 0 Å². The van der Waals surface area contributed by atoms with E-state index in [0.29, 0.717) is 18.3 Å². The van der Waals surface area contributed by atoms with Gasteiger partial charge in [0, 0.05) is 18.8 Å². The molecule has 206 valence electrons. The number of fused-ring (bicyclic) bond motifs is 7. The minimum Gasteiger partial charge on any atom is -0.462 e. The molecule has 0 saturated heterocycles. The van der Waals surface area contributed by atoms with E-state index in [0.717, 1.165) is 56.1 Å². The summed E-state index contributed by atoms with van der Waals surface area (Å²) in [6, 6.07) is 0. The van der Waals surface area contributed by atoms with Crippen molar-refractivity contribution in [3.05, 3.63) is 11.1 Å². The van der Waals surface area contributed by atoms with Crippen LogP contribution in [0.3, 0.4) is 0 Å². The van der Waals surface area contributed by atoms with E-state index in [1.807, 2.05) is 0 Å². The number of esters is 1. The third-order valence-electron chi connectivity index (χ3n) is 13.1. The first kappa shape index (κ1) is 27.4. The first-order chi connectivity index (χ1) is 17.1. The molecule has 0 radical (unpaired) electrons. The van der Waals surface area contributed by atoms with Crippen molar-refractivity contribution >= 4 is 28.6 Å². The Kier molecular flexibility index (Phi) is 6.24. The number of ether oxygens (including phenoxy) is 1. The van der Waals surface area contributed by atoms with Gasteiger partial charge in [0.05, 0.1) is 5.41 Å². The molecule has 4 fully saturated rings. The van der Waals surface area contributed by atoms with Gasteiger partial charge in [-0.3, -0.25) is 14.4 Å². The predicted octanol–water partition coefficient (Wildman–Crippen LogP) is 7.66. The summed E-state index contributed by atoms with van der Waals surface area (Å²) < 4.78 is 5.87. The maximum atomic E-state index is 13.3. The summed E-state index contributed by atoms with van der Waals surface area (Å²) in [5.74, 6) is 1.39. The molecular formula is C32H47ClO4. The molecule has 0 amide bonds. The molecule has 5 heteroatoms. The molecule has 0 heterocycles. The second kappa shape index (κ2) is 8.42. The molecule has 0 aromatic heterocycles. The molecule has 4 saturated carbocycles. The van der Waals surface area contributed by atoms with Gasteiger partial charge in [0.2, 0.25) is 5.24 Å². The van der Waals surface area contributed by atoms with Crippen LogP contribution >= 0.6 is 11.6 Å². The van der Waals surface area contributed by atoms with Crippen molar-refractivity contribution in [1.29, 1.82) is 0 Å². The first-order valence-electron chi connectivity index (χ1n) is 14.7. The Hall–Kier alpha value is -1.16. The Bertz CT molecular complexity index is 1070. The molecule has 0 N–H and O–H groups in total. The van der Waals surface area contributed by atoms with E-state index < -0.39 is 5.41 Å². The molecule has 4 nitrogen and oxygen atoms in total. The van der Waals surface area contributed by atoms with Gasteiger partial charge in [-0.05, 0) is 114 Å². The zero-order chi connectivity index (χ0) is 27.3. The van der Waals surface area contributed by atoms with E-state index in [9.17, 15) is 14.4 Å². The van der Waals surface area contributed by atoms with Crippen LogP contribution in [-0.2, 0) is 19.1 Å². The van der Waals surface area contributed by atoms with E-state index in [4.69, 9.17) is 16.3 Å². The minimum atomic E-state index is -0.781. The van der Waals surface area contributed by atoms with Gasteiger partial charge in [0.15, 0.2) is 5.78 Å². The van der Waals surface area contributed by atoms with E-state index in [2.05, 4.69) is 48.5 Å². The van der Waals surface area contributed by atoms with Gasteiger partial charge in [-0.1, -0.05) is 48.5 Å². The molecule has 8 unspecified atom stereocenters. The fraction of sp³-hybridized carbons (Fsp3) is 0.844. The van der Waals surface area contributed by atoms with Crippen LogP contribution in [0.5, 0.6) is 0 Å². The predicted molar refractivity (Wildman–Crippen MR) is 146 cm³/mol. The van der Waals surface area contributed by atoms with Crippen LogP contribution in [0.25, 0.3) is 0 Å². The Balaban J connectivity index is 1.57. The lowest BCUT2D eigenvalue weighted by molar-refractivity contribution is -0.232. The van der Waals surface area contributed by atoms with Crippen molar-refractivity contribution in [2.24, 2.45) is 50.7 Å². The number of allylic oxidation sites excluding steroid dienone is 2. The van der Waals surface area contributed by atoms with Gasteiger partial charge >= 0.3 is 5.97 Å². The highest BCUT2D eigenvalue weighted by Gasteiger charge is 2.70. The lowest BCUT2D eigenvalue weighted by Gasteiger charge is -2.72. The van der Waals surface area contributed by atoms with Crippen LogP contribution < -0.4 is 0 Å². The monoisotopic (exact) mass is 530 g/mol. The van der Waals surface area contributed by atoms with Crippen molar-refractivity contribution in [2.75, 3.05) is 0 Å². The molecule has 5 aliphatic rings. The summed E-state index contributed by atoms with van der Waals surface area (Å²) in [4.78, 5) is 38.3. The summed E-state index contributed by atoms with van der Waals surface area (Å²) in [6.45, 7) is 17.9. The molecule has 5 rings (SSSR count). The van der Waals surface area contributed by atoms with Crippen molar-refractivity contribution < 1.29 is 19.1 Å². The van der Waals surface area contributed by atoms with E-state index >= 15 is 0 Å². The number of ketones is 1. The zero-order valence-electron chi connectivity index (χ0n) is 24.3. The van der Waals surface area contributed by atoms with E-state index in [1.165, 1.54) is 6.92 Å². The molecule has 0 aromatic carbocycles. The van der Waals surface area contributed by atoms with Crippen LogP contribution in [0.15, 0.2) is 11.1 Å². The largest absolute Gasteiger partial charge is 0.462 e. The Morgan fingerprint density at radius 3 is 2.16 bits per heavy atom. The highest BCUT2D eigenvalue weighted by molar-refractivity contribution is 6.65. The first-order valence-corrected chi connectivity index (χ1v) is 15.1. The quantitative estimate of drug-likeness (QED) is 0.277. The highest BCUT2D eigenvalue weighted by atomic mass is 35.5. The fourth-order valence-corrected chi connectivity index (χ4v) is 11.5. The average molecular weight is 531 g/mol. The fourth-order valence-electron chi connectivity index (χ4n) is 11.2. The Labute approximate surface area is 228 Å². The van der Waals surface area contributed by atoms with Crippen molar-refractivity contribution in [3.63, 3.8) is 0 Å². The van der Waals surface area contributed by atoms with Crippen LogP contribution in [0.2, 0.25) is 0 Å². The van der Waals surface area contributed by atoms with Crippen molar-refractivity contribution in [2.45, 2.75) is 119 Å². The lowest BCUT2D eigenvalue weighted by Crippen LogP contribution is -2.66. The van der Waals surface area contributed by atoms with E-state index in [1.54, 1.807) is 0 Å². The molecular weight excluding hydrogens is 484 g/mol. The molecule has 0 spiro atoms. The van der Waals surface area contributed by atoms with Crippen LogP contribution in [-0.4, -0.2) is 23.1 Å². The maximum absolute atomic E-state index is 13.3. The zero-order valence-corrected chi connectivity index (χ0v) is 25.0. The summed E-state index contributed by atoms with van der Waals surface area (Å²) in [6.07, 6.45) is 8.32. The Morgan fingerprint density at radius 2 is 1.57 bits per heavy atom. The molecule has 0 aliphatic heterocycles. The second-order valence-electron chi connectivity index (χ2n) is 15.0. The van der Waals surface area contributed by atoms with Crippen LogP contribution in [0.4, 0.5) is 0 Å². The number of rotatable bonds is 3. The third kappa shape index (κ3) is 3.42. The smallest absolute Gasteiger partial charge is 0.302 e. The van der Waals surface area contributed by atoms with Crippen LogP contribution in [0.1, 0.15) is 113 Å². The second-order valence-corrected chi connectivity index (χ2v) is 15.4. The van der Waals surface area contributed by atoms with Gasteiger partial charge in [-0.15, -0.1) is 0 Å². The normalized spacial score (nSPS) is 46.6. The highest BCUT2D eigenvalue weighted by Crippen LogP contribution is 2.76. The number of halogens is 1. The topological polar surface area (TPSA) is 60.4 Å². The van der Waals surface area contributed by atoms with Gasteiger partial charge in [0.1, 0.15) is 6.10 Å². The van der Waals surface area contributed by atoms with Crippen LogP contribution in [0, 0.1) is 50.7 Å². The summed E-state index contributed by atoms with van der Waals surface area (Å²) >= 11 is 6.37.